The average Bonchev–Trinajstić information content (AvgIpc) is 2.77. The summed E-state index contributed by atoms with van der Waals surface area (Å²) in [6, 6.07) is 0.494. The Hall–Kier alpha value is -0.770. The lowest BCUT2D eigenvalue weighted by Crippen LogP contribution is -2.51. The van der Waals surface area contributed by atoms with E-state index in [0.717, 1.165) is 30.9 Å². The second kappa shape index (κ2) is 5.71. The molecule has 0 aromatic carbocycles. The summed E-state index contributed by atoms with van der Waals surface area (Å²) in [5.41, 5.74) is 2.82. The van der Waals surface area contributed by atoms with Gasteiger partial charge in [-0.3, -0.25) is 5.43 Å². The molecule has 2 aliphatic rings. The normalized spacial score (nSPS) is 31.9. The molecule has 0 spiro atoms. The summed E-state index contributed by atoms with van der Waals surface area (Å²) in [6.45, 7) is 6.79. The zero-order valence-electron chi connectivity index (χ0n) is 11.2. The van der Waals surface area contributed by atoms with E-state index in [4.69, 9.17) is 10.8 Å². The summed E-state index contributed by atoms with van der Waals surface area (Å²) in [4.78, 5) is 7.12. The smallest absolute Gasteiger partial charge is 0.208 e. The van der Waals surface area contributed by atoms with Gasteiger partial charge < -0.3 is 4.90 Å². The Kier molecular flexibility index (Phi) is 4.26. The molecule has 0 radical (unpaired) electrons. The van der Waals surface area contributed by atoms with Crippen LogP contribution in [0.25, 0.3) is 0 Å². The van der Waals surface area contributed by atoms with Crippen molar-refractivity contribution in [3.05, 3.63) is 0 Å². The van der Waals surface area contributed by atoms with Crippen molar-refractivity contribution >= 4 is 5.96 Å². The predicted molar refractivity (Wildman–Crippen MR) is 71.5 cm³/mol. The lowest BCUT2D eigenvalue weighted by molar-refractivity contribution is 0.208. The fourth-order valence-electron chi connectivity index (χ4n) is 3.25. The minimum atomic E-state index is 0.494. The Balaban J connectivity index is 2.01. The van der Waals surface area contributed by atoms with Crippen LogP contribution < -0.4 is 11.3 Å². The van der Waals surface area contributed by atoms with Gasteiger partial charge >= 0.3 is 0 Å². The Labute approximate surface area is 105 Å². The van der Waals surface area contributed by atoms with E-state index in [-0.39, 0.29) is 0 Å². The van der Waals surface area contributed by atoms with Crippen molar-refractivity contribution < 1.29 is 0 Å². The molecule has 4 heteroatoms. The molecule has 1 heterocycles. The van der Waals surface area contributed by atoms with Crippen LogP contribution in [0.4, 0.5) is 0 Å². The number of aliphatic imine (C=N–C) groups is 1. The molecule has 2 rings (SSSR count). The van der Waals surface area contributed by atoms with E-state index in [1.54, 1.807) is 0 Å². The van der Waals surface area contributed by atoms with Gasteiger partial charge in [0.2, 0.25) is 5.96 Å². The number of guanidine groups is 1. The monoisotopic (exact) mass is 238 g/mol. The number of nitrogens with zero attached hydrogens (tertiary/aromatic N) is 2. The van der Waals surface area contributed by atoms with Gasteiger partial charge in [-0.1, -0.05) is 26.7 Å². The predicted octanol–water partition coefficient (Wildman–Crippen LogP) is 1.73. The molecule has 4 nitrogen and oxygen atoms in total. The topological polar surface area (TPSA) is 53.6 Å². The van der Waals surface area contributed by atoms with Crippen LogP contribution in [-0.2, 0) is 0 Å². The van der Waals surface area contributed by atoms with Crippen molar-refractivity contribution in [2.24, 2.45) is 22.7 Å². The van der Waals surface area contributed by atoms with Crippen molar-refractivity contribution in [1.29, 1.82) is 0 Å². The Morgan fingerprint density at radius 3 is 2.29 bits per heavy atom. The molecule has 1 aliphatic carbocycles. The van der Waals surface area contributed by atoms with Crippen LogP contribution in [0.15, 0.2) is 4.99 Å². The van der Waals surface area contributed by atoms with Gasteiger partial charge in [0.1, 0.15) is 0 Å². The quantitative estimate of drug-likeness (QED) is 0.316. The van der Waals surface area contributed by atoms with Crippen LogP contribution in [0.2, 0.25) is 0 Å². The van der Waals surface area contributed by atoms with Crippen molar-refractivity contribution in [3.63, 3.8) is 0 Å². The third kappa shape index (κ3) is 3.35. The number of hydrazine groups is 1. The van der Waals surface area contributed by atoms with Gasteiger partial charge in [-0.25, -0.2) is 10.8 Å². The van der Waals surface area contributed by atoms with Gasteiger partial charge in [-0.2, -0.15) is 0 Å². The maximum Gasteiger partial charge on any atom is 0.208 e. The van der Waals surface area contributed by atoms with E-state index >= 15 is 0 Å². The van der Waals surface area contributed by atoms with E-state index in [9.17, 15) is 0 Å². The molecule has 98 valence electrons. The van der Waals surface area contributed by atoms with Gasteiger partial charge in [-0.15, -0.1) is 0 Å². The van der Waals surface area contributed by atoms with E-state index in [1.165, 1.54) is 32.1 Å². The highest BCUT2D eigenvalue weighted by Gasteiger charge is 2.25. The van der Waals surface area contributed by atoms with Crippen LogP contribution in [0.5, 0.6) is 0 Å². The third-order valence-electron chi connectivity index (χ3n) is 3.93. The third-order valence-corrected chi connectivity index (χ3v) is 3.93. The first-order valence-corrected chi connectivity index (χ1v) is 6.98. The number of hydrogen-bond donors (Lipinski definition) is 2. The van der Waals surface area contributed by atoms with Crippen molar-refractivity contribution in [1.82, 2.24) is 10.3 Å². The molecular formula is C13H26N4. The van der Waals surface area contributed by atoms with Crippen LogP contribution in [-0.4, -0.2) is 30.0 Å². The molecule has 1 saturated carbocycles. The summed E-state index contributed by atoms with van der Waals surface area (Å²) in [5, 5.41) is 0. The first-order chi connectivity index (χ1) is 8.19. The molecule has 0 amide bonds. The molecule has 0 aromatic rings. The second-order valence-electron chi connectivity index (χ2n) is 5.89. The number of likely N-dealkylation sites (tertiary alicyclic amines) is 1. The maximum atomic E-state index is 5.65. The highest BCUT2D eigenvalue weighted by atomic mass is 15.4. The Morgan fingerprint density at radius 2 is 1.76 bits per heavy atom. The molecule has 3 N–H and O–H groups in total. The summed E-state index contributed by atoms with van der Waals surface area (Å²) in [7, 11) is 0. The fourth-order valence-corrected chi connectivity index (χ4v) is 3.25. The summed E-state index contributed by atoms with van der Waals surface area (Å²) in [6.07, 6.45) is 6.41. The molecule has 2 atom stereocenters. The number of piperidine rings is 1. The van der Waals surface area contributed by atoms with Gasteiger partial charge in [-0.05, 0) is 31.1 Å². The summed E-state index contributed by atoms with van der Waals surface area (Å²) >= 11 is 0. The zero-order valence-corrected chi connectivity index (χ0v) is 11.2. The number of nitrogens with one attached hydrogen (secondary N) is 1. The minimum absolute atomic E-state index is 0.494. The number of nitrogens with two attached hydrogens (primary N) is 1. The van der Waals surface area contributed by atoms with Gasteiger partial charge in [0, 0.05) is 13.1 Å². The summed E-state index contributed by atoms with van der Waals surface area (Å²) < 4.78 is 0. The number of hydrogen-bond acceptors (Lipinski definition) is 2. The van der Waals surface area contributed by atoms with Gasteiger partial charge in [0.25, 0.3) is 0 Å². The van der Waals surface area contributed by atoms with Crippen molar-refractivity contribution in [3.8, 4) is 0 Å². The largest absolute Gasteiger partial charge is 0.341 e. The molecule has 0 bridgehead atoms. The van der Waals surface area contributed by atoms with Crippen LogP contribution in [0, 0.1) is 11.8 Å². The van der Waals surface area contributed by atoms with E-state index < -0.39 is 0 Å². The lowest BCUT2D eigenvalue weighted by atomic mass is 9.92. The Bertz CT molecular complexity index is 261. The van der Waals surface area contributed by atoms with E-state index in [1.807, 2.05) is 0 Å². The molecule has 2 fully saturated rings. The van der Waals surface area contributed by atoms with Gasteiger partial charge in [0.15, 0.2) is 0 Å². The molecule has 0 aromatic heterocycles. The molecule has 17 heavy (non-hydrogen) atoms. The van der Waals surface area contributed by atoms with Crippen molar-refractivity contribution in [2.45, 2.75) is 52.0 Å². The summed E-state index contributed by atoms with van der Waals surface area (Å²) in [5.74, 6) is 8.04. The highest BCUT2D eigenvalue weighted by molar-refractivity contribution is 5.79. The SMILES string of the molecule is CC1CC(C)CN(C(=NC2CCCC2)NN)C1. The first kappa shape index (κ1) is 12.7. The second-order valence-corrected chi connectivity index (χ2v) is 5.89. The molecule has 2 unspecified atom stereocenters. The average molecular weight is 238 g/mol. The van der Waals surface area contributed by atoms with Crippen LogP contribution in [0.3, 0.4) is 0 Å². The fraction of sp³-hybridized carbons (Fsp3) is 0.923. The zero-order chi connectivity index (χ0) is 12.3. The van der Waals surface area contributed by atoms with Gasteiger partial charge in [0.05, 0.1) is 6.04 Å². The van der Waals surface area contributed by atoms with Crippen molar-refractivity contribution in [2.75, 3.05) is 13.1 Å². The van der Waals surface area contributed by atoms with Crippen LogP contribution in [0.1, 0.15) is 46.0 Å². The number of rotatable bonds is 1. The Morgan fingerprint density at radius 1 is 1.18 bits per heavy atom. The molecule has 1 aliphatic heterocycles. The molecule has 1 saturated heterocycles. The standard InChI is InChI=1S/C13H26N4/c1-10-7-11(2)9-17(8-10)13(16-14)15-12-5-3-4-6-12/h10-12H,3-9,14H2,1-2H3,(H,15,16). The maximum absolute atomic E-state index is 5.65. The highest BCUT2D eigenvalue weighted by Crippen LogP contribution is 2.23. The first-order valence-electron chi connectivity index (χ1n) is 6.98. The van der Waals surface area contributed by atoms with E-state index in [2.05, 4.69) is 24.2 Å². The minimum Gasteiger partial charge on any atom is -0.341 e. The molecular weight excluding hydrogens is 212 g/mol. The van der Waals surface area contributed by atoms with E-state index in [0.29, 0.717) is 6.04 Å². The van der Waals surface area contributed by atoms with Crippen LogP contribution >= 0.6 is 0 Å². The lowest BCUT2D eigenvalue weighted by Gasteiger charge is -2.36.